The molecule has 0 aliphatic carbocycles. The number of rotatable bonds is 7. The molecule has 66 valence electrons. The van der Waals surface area contributed by atoms with Gasteiger partial charge in [0.1, 0.15) is 0 Å². The van der Waals surface area contributed by atoms with Crippen LogP contribution in [0.4, 0.5) is 0 Å². The highest BCUT2D eigenvalue weighted by atomic mass is 16.6. The minimum absolute atomic E-state index is 0.389. The van der Waals surface area contributed by atoms with Gasteiger partial charge in [-0.25, -0.2) is 0 Å². The van der Waals surface area contributed by atoms with E-state index in [0.29, 0.717) is 12.9 Å². The van der Waals surface area contributed by atoms with Crippen molar-refractivity contribution in [3.63, 3.8) is 0 Å². The number of ether oxygens (including phenoxy) is 1. The zero-order valence-corrected chi connectivity index (χ0v) is 6.95. The molecule has 1 atom stereocenters. The summed E-state index contributed by atoms with van der Waals surface area (Å²) in [6, 6.07) is 0. The topological polar surface area (TPSA) is 46.5 Å². The van der Waals surface area contributed by atoms with E-state index in [4.69, 9.17) is 9.84 Å². The first kappa shape index (κ1) is 10.6. The minimum Gasteiger partial charge on any atom is -0.362 e. The molecule has 3 nitrogen and oxygen atoms in total. The van der Waals surface area contributed by atoms with Crippen molar-refractivity contribution in [2.75, 3.05) is 6.61 Å². The summed E-state index contributed by atoms with van der Waals surface area (Å²) in [7, 11) is 0. The molecule has 1 unspecified atom stereocenters. The molecular weight excluding hydrogens is 144 g/mol. The number of carbonyl (C=O) groups excluding carboxylic acids is 1. The fourth-order valence-electron chi connectivity index (χ4n) is 0.772. The monoisotopic (exact) mass is 160 g/mol. The summed E-state index contributed by atoms with van der Waals surface area (Å²) in [5.74, 6) is 0. The third-order valence-electron chi connectivity index (χ3n) is 1.40. The average Bonchev–Trinajstić information content (AvgIpc) is 2.04. The molecular formula is C8H16O3. The minimum atomic E-state index is -1.23. The van der Waals surface area contributed by atoms with Crippen LogP contribution in [0.1, 0.15) is 32.6 Å². The van der Waals surface area contributed by atoms with Crippen LogP contribution in [-0.4, -0.2) is 24.3 Å². The molecule has 0 bridgehead atoms. The Morgan fingerprint density at radius 2 is 2.18 bits per heavy atom. The highest BCUT2D eigenvalue weighted by Gasteiger charge is 1.98. The summed E-state index contributed by atoms with van der Waals surface area (Å²) >= 11 is 0. The summed E-state index contributed by atoms with van der Waals surface area (Å²) in [4.78, 5) is 9.85. The maximum absolute atomic E-state index is 9.85. The number of aldehydes is 1. The van der Waals surface area contributed by atoms with Crippen LogP contribution < -0.4 is 0 Å². The SMILES string of the molecule is CCCCCCOC(O)C=O. The highest BCUT2D eigenvalue weighted by Crippen LogP contribution is 1.99. The second-order valence-corrected chi connectivity index (χ2v) is 2.46. The Kier molecular flexibility index (Phi) is 7.41. The predicted octanol–water partition coefficient (Wildman–Crippen LogP) is 1.10. The Labute approximate surface area is 67.4 Å². The van der Waals surface area contributed by atoms with Crippen LogP contribution in [-0.2, 0) is 9.53 Å². The van der Waals surface area contributed by atoms with Gasteiger partial charge < -0.3 is 9.84 Å². The first-order valence-electron chi connectivity index (χ1n) is 4.06. The van der Waals surface area contributed by atoms with Gasteiger partial charge in [-0.1, -0.05) is 26.2 Å². The van der Waals surface area contributed by atoms with E-state index in [0.717, 1.165) is 12.8 Å². The first-order valence-corrected chi connectivity index (χ1v) is 4.06. The molecule has 0 aromatic rings. The molecule has 0 spiro atoms. The second-order valence-electron chi connectivity index (χ2n) is 2.46. The lowest BCUT2D eigenvalue weighted by Gasteiger charge is -2.03. The molecule has 0 saturated carbocycles. The number of aliphatic hydroxyl groups excluding tert-OH is 1. The van der Waals surface area contributed by atoms with E-state index in [1.165, 1.54) is 12.8 Å². The van der Waals surface area contributed by atoms with Gasteiger partial charge in [0.15, 0.2) is 6.29 Å². The van der Waals surface area contributed by atoms with Crippen molar-refractivity contribution in [2.45, 2.75) is 38.9 Å². The van der Waals surface area contributed by atoms with E-state index < -0.39 is 6.29 Å². The lowest BCUT2D eigenvalue weighted by molar-refractivity contribution is -0.142. The normalized spacial score (nSPS) is 12.9. The van der Waals surface area contributed by atoms with Crippen LogP contribution in [0.2, 0.25) is 0 Å². The first-order chi connectivity index (χ1) is 5.31. The predicted molar refractivity (Wildman–Crippen MR) is 42.2 cm³/mol. The Morgan fingerprint density at radius 1 is 1.45 bits per heavy atom. The Bertz CT molecular complexity index is 93.3. The van der Waals surface area contributed by atoms with E-state index in [-0.39, 0.29) is 0 Å². The van der Waals surface area contributed by atoms with Crippen molar-refractivity contribution in [3.8, 4) is 0 Å². The molecule has 0 heterocycles. The quantitative estimate of drug-likeness (QED) is 0.344. The molecule has 0 aromatic heterocycles. The van der Waals surface area contributed by atoms with E-state index in [9.17, 15) is 4.79 Å². The highest BCUT2D eigenvalue weighted by molar-refractivity contribution is 5.53. The smallest absolute Gasteiger partial charge is 0.212 e. The van der Waals surface area contributed by atoms with Gasteiger partial charge in [-0.05, 0) is 6.42 Å². The zero-order valence-electron chi connectivity index (χ0n) is 6.95. The molecule has 0 rings (SSSR count). The third-order valence-corrected chi connectivity index (χ3v) is 1.40. The van der Waals surface area contributed by atoms with Gasteiger partial charge in [0.05, 0.1) is 6.61 Å². The largest absolute Gasteiger partial charge is 0.362 e. The zero-order chi connectivity index (χ0) is 8.53. The molecule has 0 saturated heterocycles. The van der Waals surface area contributed by atoms with E-state index in [1.807, 2.05) is 0 Å². The lowest BCUT2D eigenvalue weighted by atomic mass is 10.2. The fourth-order valence-corrected chi connectivity index (χ4v) is 0.772. The third kappa shape index (κ3) is 7.49. The summed E-state index contributed by atoms with van der Waals surface area (Å²) in [5, 5.41) is 8.62. The summed E-state index contributed by atoms with van der Waals surface area (Å²) in [5.41, 5.74) is 0. The van der Waals surface area contributed by atoms with Crippen molar-refractivity contribution in [1.29, 1.82) is 0 Å². The summed E-state index contributed by atoms with van der Waals surface area (Å²) in [6.45, 7) is 2.60. The van der Waals surface area contributed by atoms with Crippen LogP contribution in [0.3, 0.4) is 0 Å². The van der Waals surface area contributed by atoms with Gasteiger partial charge >= 0.3 is 0 Å². The van der Waals surface area contributed by atoms with E-state index >= 15 is 0 Å². The second kappa shape index (κ2) is 7.69. The van der Waals surface area contributed by atoms with Gasteiger partial charge in [0, 0.05) is 0 Å². The van der Waals surface area contributed by atoms with E-state index in [2.05, 4.69) is 6.92 Å². The van der Waals surface area contributed by atoms with Crippen LogP contribution in [0.25, 0.3) is 0 Å². The number of aliphatic hydroxyl groups is 1. The van der Waals surface area contributed by atoms with Crippen LogP contribution in [0, 0.1) is 0 Å². The molecule has 0 aromatic carbocycles. The number of unbranched alkanes of at least 4 members (excludes halogenated alkanes) is 3. The fraction of sp³-hybridized carbons (Fsp3) is 0.875. The molecule has 11 heavy (non-hydrogen) atoms. The Morgan fingerprint density at radius 3 is 2.73 bits per heavy atom. The molecule has 0 radical (unpaired) electrons. The van der Waals surface area contributed by atoms with Gasteiger partial charge in [-0.3, -0.25) is 4.79 Å². The molecule has 1 N–H and O–H groups in total. The standard InChI is InChI=1S/C8H16O3/c1-2-3-4-5-6-11-8(10)7-9/h7-8,10H,2-6H2,1H3. The van der Waals surface area contributed by atoms with Gasteiger partial charge in [0.2, 0.25) is 6.29 Å². The maximum Gasteiger partial charge on any atom is 0.212 e. The average molecular weight is 160 g/mol. The number of hydrogen-bond donors (Lipinski definition) is 1. The van der Waals surface area contributed by atoms with Crippen molar-refractivity contribution in [1.82, 2.24) is 0 Å². The van der Waals surface area contributed by atoms with Crippen LogP contribution in [0.15, 0.2) is 0 Å². The summed E-state index contributed by atoms with van der Waals surface area (Å²) in [6.07, 6.45) is 3.54. The van der Waals surface area contributed by atoms with Crippen molar-refractivity contribution < 1.29 is 14.6 Å². The molecule has 0 fully saturated rings. The van der Waals surface area contributed by atoms with Crippen LogP contribution >= 0.6 is 0 Å². The maximum atomic E-state index is 9.85. The molecule has 3 heteroatoms. The number of hydrogen-bond acceptors (Lipinski definition) is 3. The van der Waals surface area contributed by atoms with Gasteiger partial charge in [-0.15, -0.1) is 0 Å². The van der Waals surface area contributed by atoms with Crippen molar-refractivity contribution >= 4 is 6.29 Å². The Hall–Kier alpha value is -0.410. The lowest BCUT2D eigenvalue weighted by Crippen LogP contribution is -2.13. The van der Waals surface area contributed by atoms with Crippen molar-refractivity contribution in [3.05, 3.63) is 0 Å². The molecule has 0 aliphatic rings. The molecule has 0 aliphatic heterocycles. The van der Waals surface area contributed by atoms with E-state index in [1.54, 1.807) is 0 Å². The molecule has 0 amide bonds. The summed E-state index contributed by atoms with van der Waals surface area (Å²) < 4.78 is 4.73. The van der Waals surface area contributed by atoms with Gasteiger partial charge in [0.25, 0.3) is 0 Å². The van der Waals surface area contributed by atoms with Crippen LogP contribution in [0.5, 0.6) is 0 Å². The number of carbonyl (C=O) groups is 1. The van der Waals surface area contributed by atoms with Crippen molar-refractivity contribution in [2.24, 2.45) is 0 Å². The van der Waals surface area contributed by atoms with Gasteiger partial charge in [-0.2, -0.15) is 0 Å². The Balaban J connectivity index is 2.95.